The number of hydrogen-bond donors (Lipinski definition) is 2. The molecular weight excluding hydrogens is 409 g/mol. The maximum Gasteiger partial charge on any atom is 0.317 e. The molecule has 1 unspecified atom stereocenters. The number of likely N-dealkylation sites (tertiary alicyclic amines) is 1. The number of nitrogens with one attached hydrogen (secondary N) is 2. The lowest BCUT2D eigenvalue weighted by Gasteiger charge is -2.35. The lowest BCUT2D eigenvalue weighted by atomic mass is 10.0. The average Bonchev–Trinajstić information content (AvgIpc) is 3.22. The number of halogens is 2. The van der Waals surface area contributed by atoms with Gasteiger partial charge in [-0.3, -0.25) is 0 Å². The van der Waals surface area contributed by atoms with Crippen LogP contribution in [0.1, 0.15) is 42.6 Å². The van der Waals surface area contributed by atoms with E-state index in [0.29, 0.717) is 21.3 Å². The number of aromatic amines is 1. The van der Waals surface area contributed by atoms with Crippen LogP contribution in [-0.4, -0.2) is 59.0 Å². The topological polar surface area (TPSA) is 64.3 Å². The van der Waals surface area contributed by atoms with Crippen molar-refractivity contribution in [1.29, 1.82) is 0 Å². The van der Waals surface area contributed by atoms with Gasteiger partial charge >= 0.3 is 6.03 Å². The van der Waals surface area contributed by atoms with Crippen molar-refractivity contribution < 1.29 is 4.79 Å². The number of amides is 2. The van der Waals surface area contributed by atoms with E-state index < -0.39 is 0 Å². The minimum Gasteiger partial charge on any atom is -0.350 e. The second-order valence-electron chi connectivity index (χ2n) is 7.35. The van der Waals surface area contributed by atoms with Gasteiger partial charge in [0, 0.05) is 24.8 Å². The Morgan fingerprint density at radius 3 is 2.69 bits per heavy atom. The quantitative estimate of drug-likeness (QED) is 0.720. The molecule has 0 spiro atoms. The van der Waals surface area contributed by atoms with Crippen LogP contribution in [0.25, 0.3) is 0 Å². The van der Waals surface area contributed by atoms with Gasteiger partial charge in [0.2, 0.25) is 0 Å². The molecule has 2 aromatic rings. The zero-order valence-electron chi connectivity index (χ0n) is 16.8. The van der Waals surface area contributed by atoms with Crippen molar-refractivity contribution in [2.75, 3.05) is 27.2 Å². The Kier molecular flexibility index (Phi) is 7.07. The van der Waals surface area contributed by atoms with Crippen molar-refractivity contribution in [3.63, 3.8) is 0 Å². The number of carbonyl (C=O) groups is 1. The number of carbonyl (C=O) groups excluding carboxylic acids is 1. The number of nitrogens with zero attached hydrogens (tertiary/aromatic N) is 3. The number of urea groups is 1. The highest BCUT2D eigenvalue weighted by molar-refractivity contribution is 6.43. The number of H-pyrrole nitrogens is 1. The summed E-state index contributed by atoms with van der Waals surface area (Å²) in [5.41, 5.74) is 2.00. The normalized spacial score (nSPS) is 16.0. The Labute approximate surface area is 181 Å². The standard InChI is InChI=1S/C21H25Cl2N5O/c1-14(26-21(29)28(3)17-8-10-27(2)11-9-17)18-7-5-15(19(22)20(18)23)4-6-16-12-24-13-25-16/h5,7,12-14,17H,8-11H2,1-3H3,(H,24,25)(H,26,29). The molecule has 154 valence electrons. The molecule has 1 aromatic heterocycles. The molecule has 2 amide bonds. The Morgan fingerprint density at radius 2 is 2.03 bits per heavy atom. The molecule has 1 saturated heterocycles. The van der Waals surface area contributed by atoms with E-state index in [1.54, 1.807) is 17.4 Å². The van der Waals surface area contributed by atoms with Crippen molar-refractivity contribution >= 4 is 29.2 Å². The van der Waals surface area contributed by atoms with E-state index in [1.165, 1.54) is 0 Å². The molecule has 1 atom stereocenters. The predicted octanol–water partition coefficient (Wildman–Crippen LogP) is 3.91. The summed E-state index contributed by atoms with van der Waals surface area (Å²) in [6.07, 6.45) is 5.22. The van der Waals surface area contributed by atoms with Gasteiger partial charge in [-0.2, -0.15) is 0 Å². The van der Waals surface area contributed by atoms with Crippen LogP contribution in [0.2, 0.25) is 10.0 Å². The van der Waals surface area contributed by atoms with E-state index in [9.17, 15) is 4.79 Å². The van der Waals surface area contributed by atoms with E-state index >= 15 is 0 Å². The summed E-state index contributed by atoms with van der Waals surface area (Å²) < 4.78 is 0. The van der Waals surface area contributed by atoms with Crippen molar-refractivity contribution in [1.82, 2.24) is 25.1 Å². The Hall–Kier alpha value is -2.20. The van der Waals surface area contributed by atoms with Crippen LogP contribution in [0.4, 0.5) is 4.79 Å². The fourth-order valence-corrected chi connectivity index (χ4v) is 3.92. The summed E-state index contributed by atoms with van der Waals surface area (Å²) in [5, 5.41) is 3.80. The van der Waals surface area contributed by atoms with Crippen molar-refractivity contribution in [2.45, 2.75) is 31.8 Å². The molecule has 1 aliphatic heterocycles. The number of hydrogen-bond acceptors (Lipinski definition) is 3. The van der Waals surface area contributed by atoms with Crippen LogP contribution in [0.5, 0.6) is 0 Å². The number of aromatic nitrogens is 2. The van der Waals surface area contributed by atoms with Gasteiger partial charge in [0.1, 0.15) is 5.69 Å². The Balaban J connectivity index is 1.68. The lowest BCUT2D eigenvalue weighted by molar-refractivity contribution is 0.146. The summed E-state index contributed by atoms with van der Waals surface area (Å²) in [7, 11) is 3.95. The van der Waals surface area contributed by atoms with Crippen LogP contribution in [-0.2, 0) is 0 Å². The molecule has 1 fully saturated rings. The molecule has 1 aliphatic rings. The van der Waals surface area contributed by atoms with E-state index in [4.69, 9.17) is 23.2 Å². The van der Waals surface area contributed by atoms with Crippen molar-refractivity contribution in [2.24, 2.45) is 0 Å². The molecule has 29 heavy (non-hydrogen) atoms. The first-order chi connectivity index (χ1) is 13.9. The van der Waals surface area contributed by atoms with Crippen LogP contribution in [0.3, 0.4) is 0 Å². The highest BCUT2D eigenvalue weighted by Crippen LogP contribution is 2.33. The first-order valence-electron chi connectivity index (χ1n) is 9.57. The second-order valence-corrected chi connectivity index (χ2v) is 8.11. The number of piperidine rings is 1. The molecule has 0 saturated carbocycles. The fraction of sp³-hybridized carbons (Fsp3) is 0.429. The van der Waals surface area contributed by atoms with E-state index in [-0.39, 0.29) is 18.1 Å². The molecule has 3 rings (SSSR count). The number of rotatable bonds is 3. The SMILES string of the molecule is CC(NC(=O)N(C)C1CCN(C)CC1)c1ccc(C#Cc2c[nH]cn2)c(Cl)c1Cl. The van der Waals surface area contributed by atoms with Gasteiger partial charge in [-0.15, -0.1) is 0 Å². The van der Waals surface area contributed by atoms with E-state index in [2.05, 4.69) is 39.1 Å². The Morgan fingerprint density at radius 1 is 1.31 bits per heavy atom. The van der Waals surface area contributed by atoms with Gasteiger partial charge < -0.3 is 20.1 Å². The summed E-state index contributed by atoms with van der Waals surface area (Å²) in [6, 6.07) is 3.52. The lowest BCUT2D eigenvalue weighted by Crippen LogP contribution is -2.48. The summed E-state index contributed by atoms with van der Waals surface area (Å²) in [6.45, 7) is 3.90. The van der Waals surface area contributed by atoms with Crippen LogP contribution in [0.15, 0.2) is 24.7 Å². The molecule has 2 heterocycles. The Bertz CT molecular complexity index is 911. The van der Waals surface area contributed by atoms with Gasteiger partial charge in [0.15, 0.2) is 0 Å². The first kappa shape index (κ1) is 21.5. The largest absolute Gasteiger partial charge is 0.350 e. The van der Waals surface area contributed by atoms with Crippen LogP contribution in [0, 0.1) is 11.8 Å². The third kappa shape index (κ3) is 5.24. The third-order valence-electron chi connectivity index (χ3n) is 5.30. The predicted molar refractivity (Wildman–Crippen MR) is 116 cm³/mol. The fourth-order valence-electron chi connectivity index (χ4n) is 3.37. The van der Waals surface area contributed by atoms with Gasteiger partial charge in [-0.1, -0.05) is 35.2 Å². The van der Waals surface area contributed by atoms with Gasteiger partial charge in [-0.05, 0) is 57.5 Å². The van der Waals surface area contributed by atoms with Crippen molar-refractivity contribution in [3.05, 3.63) is 51.5 Å². The second kappa shape index (κ2) is 9.53. The molecule has 0 aliphatic carbocycles. The van der Waals surface area contributed by atoms with E-state index in [1.807, 2.05) is 26.1 Å². The monoisotopic (exact) mass is 433 g/mol. The minimum atomic E-state index is -0.283. The summed E-state index contributed by atoms with van der Waals surface area (Å²) >= 11 is 12.9. The summed E-state index contributed by atoms with van der Waals surface area (Å²) in [5.74, 6) is 5.91. The minimum absolute atomic E-state index is 0.110. The number of benzene rings is 1. The number of imidazole rings is 1. The zero-order valence-corrected chi connectivity index (χ0v) is 18.3. The molecule has 6 nitrogen and oxygen atoms in total. The maximum absolute atomic E-state index is 12.7. The highest BCUT2D eigenvalue weighted by atomic mass is 35.5. The van der Waals surface area contributed by atoms with Crippen LogP contribution >= 0.6 is 23.2 Å². The smallest absolute Gasteiger partial charge is 0.317 e. The molecular formula is C21H25Cl2N5O. The van der Waals surface area contributed by atoms with Gasteiger partial charge in [-0.25, -0.2) is 9.78 Å². The molecule has 8 heteroatoms. The van der Waals surface area contributed by atoms with Gasteiger partial charge in [0.05, 0.1) is 22.4 Å². The molecule has 1 aromatic carbocycles. The van der Waals surface area contributed by atoms with Crippen molar-refractivity contribution in [3.8, 4) is 11.8 Å². The third-order valence-corrected chi connectivity index (χ3v) is 6.19. The first-order valence-corrected chi connectivity index (χ1v) is 10.3. The highest BCUT2D eigenvalue weighted by Gasteiger charge is 2.25. The molecule has 2 N–H and O–H groups in total. The maximum atomic E-state index is 12.7. The molecule has 0 bridgehead atoms. The summed E-state index contributed by atoms with van der Waals surface area (Å²) in [4.78, 5) is 23.7. The zero-order chi connectivity index (χ0) is 21.0. The van der Waals surface area contributed by atoms with Crippen LogP contribution < -0.4 is 5.32 Å². The van der Waals surface area contributed by atoms with Gasteiger partial charge in [0.25, 0.3) is 0 Å². The average molecular weight is 434 g/mol. The molecule has 0 radical (unpaired) electrons. The van der Waals surface area contributed by atoms with E-state index in [0.717, 1.165) is 31.5 Å².